The Morgan fingerprint density at radius 3 is 2.00 bits per heavy atom. The van der Waals surface area contributed by atoms with Crippen molar-refractivity contribution in [3.05, 3.63) is 66.7 Å². The number of unbranched alkanes of at least 4 members (excludes halogenated alkanes) is 1. The summed E-state index contributed by atoms with van der Waals surface area (Å²) >= 11 is 0. The lowest BCUT2D eigenvalue weighted by molar-refractivity contribution is -0.118. The summed E-state index contributed by atoms with van der Waals surface area (Å²) in [4.78, 5) is 37.1. The van der Waals surface area contributed by atoms with Gasteiger partial charge < -0.3 is 24.8 Å². The Morgan fingerprint density at radius 1 is 0.816 bits per heavy atom. The number of methoxy groups -OCH3 is 2. The number of pyridine rings is 1. The van der Waals surface area contributed by atoms with Gasteiger partial charge in [0.1, 0.15) is 23.4 Å². The molecule has 0 aliphatic rings. The molecule has 2 aromatic heterocycles. The van der Waals surface area contributed by atoms with E-state index in [0.29, 0.717) is 46.7 Å². The maximum Gasteiger partial charge on any atom is 0.257 e. The van der Waals surface area contributed by atoms with E-state index in [1.807, 2.05) is 0 Å². The van der Waals surface area contributed by atoms with Gasteiger partial charge in [-0.3, -0.25) is 9.59 Å². The SMILES string of the molecule is COc1cc2ncnc(Oc3ccc(NC(=O)CCCCC(=O)Nc4ccc(F)cc4)cc3)c2nc1OC. The molecule has 10 nitrogen and oxygen atoms in total. The molecule has 2 aromatic carbocycles. The van der Waals surface area contributed by atoms with Gasteiger partial charge in [0.2, 0.25) is 17.7 Å². The molecule has 38 heavy (non-hydrogen) atoms. The van der Waals surface area contributed by atoms with Gasteiger partial charge in [-0.05, 0) is 61.4 Å². The number of carbonyl (C=O) groups excluding carboxylic acids is 2. The van der Waals surface area contributed by atoms with Gasteiger partial charge in [-0.25, -0.2) is 14.4 Å². The fourth-order valence-electron chi connectivity index (χ4n) is 3.57. The molecule has 196 valence electrons. The largest absolute Gasteiger partial charge is 0.491 e. The van der Waals surface area contributed by atoms with E-state index < -0.39 is 0 Å². The van der Waals surface area contributed by atoms with Gasteiger partial charge >= 0.3 is 0 Å². The second-order valence-corrected chi connectivity index (χ2v) is 8.18. The van der Waals surface area contributed by atoms with Gasteiger partial charge in [0.15, 0.2) is 11.3 Å². The number of benzene rings is 2. The zero-order chi connectivity index (χ0) is 26.9. The van der Waals surface area contributed by atoms with Gasteiger partial charge in [0.25, 0.3) is 5.88 Å². The number of carbonyl (C=O) groups is 2. The molecular formula is C27H26FN5O5. The van der Waals surface area contributed by atoms with Crippen molar-refractivity contribution in [1.29, 1.82) is 0 Å². The number of hydrogen-bond acceptors (Lipinski definition) is 8. The molecule has 0 aliphatic carbocycles. The van der Waals surface area contributed by atoms with Crippen molar-refractivity contribution in [3.8, 4) is 23.3 Å². The Hall–Kier alpha value is -4.80. The lowest BCUT2D eigenvalue weighted by Crippen LogP contribution is -2.13. The van der Waals surface area contributed by atoms with E-state index in [1.54, 1.807) is 30.3 Å². The highest BCUT2D eigenvalue weighted by molar-refractivity contribution is 5.91. The van der Waals surface area contributed by atoms with Gasteiger partial charge in [-0.1, -0.05) is 0 Å². The summed E-state index contributed by atoms with van der Waals surface area (Å²) in [5, 5.41) is 5.52. The van der Waals surface area contributed by atoms with Crippen LogP contribution in [-0.4, -0.2) is 41.0 Å². The summed E-state index contributed by atoms with van der Waals surface area (Å²) in [5.74, 6) is 0.754. The van der Waals surface area contributed by atoms with E-state index in [4.69, 9.17) is 14.2 Å². The number of nitrogens with zero attached hydrogens (tertiary/aromatic N) is 3. The summed E-state index contributed by atoms with van der Waals surface area (Å²) in [7, 11) is 3.00. The van der Waals surface area contributed by atoms with Crippen LogP contribution in [0.3, 0.4) is 0 Å². The average Bonchev–Trinajstić information content (AvgIpc) is 2.93. The second-order valence-electron chi connectivity index (χ2n) is 8.18. The van der Waals surface area contributed by atoms with Crippen LogP contribution in [0.15, 0.2) is 60.9 Å². The van der Waals surface area contributed by atoms with Gasteiger partial charge in [-0.15, -0.1) is 0 Å². The summed E-state index contributed by atoms with van der Waals surface area (Å²) in [6.07, 6.45) is 3.00. The van der Waals surface area contributed by atoms with Crippen molar-refractivity contribution in [2.75, 3.05) is 24.9 Å². The third kappa shape index (κ3) is 6.90. The molecule has 0 bridgehead atoms. The molecule has 0 saturated carbocycles. The molecule has 0 saturated heterocycles. The van der Waals surface area contributed by atoms with E-state index in [2.05, 4.69) is 25.6 Å². The minimum atomic E-state index is -0.365. The van der Waals surface area contributed by atoms with E-state index in [0.717, 1.165) is 0 Å². The summed E-state index contributed by atoms with van der Waals surface area (Å²) < 4.78 is 29.4. The Bertz CT molecular complexity index is 1410. The molecule has 0 fully saturated rings. The summed E-state index contributed by atoms with van der Waals surface area (Å²) in [6.45, 7) is 0. The van der Waals surface area contributed by atoms with Crippen molar-refractivity contribution in [2.45, 2.75) is 25.7 Å². The molecule has 2 heterocycles. The Kier molecular flexibility index (Phi) is 8.60. The fraction of sp³-hybridized carbons (Fsp3) is 0.222. The molecule has 4 rings (SSSR count). The van der Waals surface area contributed by atoms with Crippen LogP contribution in [0.1, 0.15) is 25.7 Å². The lowest BCUT2D eigenvalue weighted by Gasteiger charge is -2.11. The number of hydrogen-bond donors (Lipinski definition) is 2. The maximum absolute atomic E-state index is 12.9. The van der Waals surface area contributed by atoms with E-state index >= 15 is 0 Å². The van der Waals surface area contributed by atoms with Gasteiger partial charge in [-0.2, -0.15) is 4.98 Å². The van der Waals surface area contributed by atoms with E-state index in [9.17, 15) is 14.0 Å². The molecule has 4 aromatic rings. The normalized spacial score (nSPS) is 10.6. The van der Waals surface area contributed by atoms with Crippen LogP contribution in [0.5, 0.6) is 23.3 Å². The number of fused-ring (bicyclic) bond motifs is 1. The summed E-state index contributed by atoms with van der Waals surface area (Å²) in [5.41, 5.74) is 2.08. The van der Waals surface area contributed by atoms with Crippen LogP contribution >= 0.6 is 0 Å². The first-order chi connectivity index (χ1) is 18.4. The third-order valence-electron chi connectivity index (χ3n) is 5.46. The number of halogens is 1. The predicted octanol–water partition coefficient (Wildman–Crippen LogP) is 5.11. The fourth-order valence-corrected chi connectivity index (χ4v) is 3.57. The van der Waals surface area contributed by atoms with Crippen molar-refractivity contribution in [3.63, 3.8) is 0 Å². The molecular weight excluding hydrogens is 493 g/mol. The lowest BCUT2D eigenvalue weighted by atomic mass is 10.1. The first kappa shape index (κ1) is 26.3. The van der Waals surface area contributed by atoms with Crippen molar-refractivity contribution in [2.24, 2.45) is 0 Å². The number of aromatic nitrogens is 3. The molecule has 0 atom stereocenters. The number of amides is 2. The van der Waals surface area contributed by atoms with Crippen LogP contribution in [0.2, 0.25) is 0 Å². The number of ether oxygens (including phenoxy) is 3. The zero-order valence-corrected chi connectivity index (χ0v) is 20.9. The van der Waals surface area contributed by atoms with Crippen LogP contribution in [0.4, 0.5) is 15.8 Å². The quantitative estimate of drug-likeness (QED) is 0.262. The molecule has 0 radical (unpaired) electrons. The number of rotatable bonds is 11. The molecule has 11 heteroatoms. The number of nitrogens with one attached hydrogen (secondary N) is 2. The van der Waals surface area contributed by atoms with Crippen LogP contribution in [-0.2, 0) is 9.59 Å². The van der Waals surface area contributed by atoms with Gasteiger partial charge in [0, 0.05) is 30.3 Å². The standard InChI is InChI=1S/C27H26FN5O5/c1-36-22-15-21-25(33-26(22)37-2)27(30-16-29-21)38-20-13-11-19(12-14-20)32-24(35)6-4-3-5-23(34)31-18-9-7-17(28)8-10-18/h7-16H,3-6H2,1-2H3,(H,31,34)(H,32,35). The van der Waals surface area contributed by atoms with Crippen molar-refractivity contribution in [1.82, 2.24) is 15.0 Å². The van der Waals surface area contributed by atoms with Crippen LogP contribution < -0.4 is 24.8 Å². The van der Waals surface area contributed by atoms with Crippen LogP contribution in [0.25, 0.3) is 11.0 Å². The second kappa shape index (κ2) is 12.4. The maximum atomic E-state index is 12.9. The minimum Gasteiger partial charge on any atom is -0.491 e. The monoisotopic (exact) mass is 519 g/mol. The molecule has 0 spiro atoms. The first-order valence-corrected chi connectivity index (χ1v) is 11.8. The molecule has 0 unspecified atom stereocenters. The first-order valence-electron chi connectivity index (χ1n) is 11.8. The predicted molar refractivity (Wildman–Crippen MR) is 139 cm³/mol. The highest BCUT2D eigenvalue weighted by atomic mass is 19.1. The highest BCUT2D eigenvalue weighted by Crippen LogP contribution is 2.32. The third-order valence-corrected chi connectivity index (χ3v) is 5.46. The van der Waals surface area contributed by atoms with Crippen molar-refractivity contribution < 1.29 is 28.2 Å². The number of anilines is 2. The highest BCUT2D eigenvalue weighted by Gasteiger charge is 2.14. The smallest absolute Gasteiger partial charge is 0.257 e. The van der Waals surface area contributed by atoms with E-state index in [1.165, 1.54) is 44.8 Å². The average molecular weight is 520 g/mol. The Morgan fingerprint density at radius 2 is 1.42 bits per heavy atom. The zero-order valence-electron chi connectivity index (χ0n) is 20.9. The Balaban J connectivity index is 1.25. The molecule has 2 N–H and O–H groups in total. The van der Waals surface area contributed by atoms with Gasteiger partial charge in [0.05, 0.1) is 14.2 Å². The van der Waals surface area contributed by atoms with Crippen LogP contribution in [0, 0.1) is 5.82 Å². The van der Waals surface area contributed by atoms with Crippen molar-refractivity contribution >= 4 is 34.2 Å². The molecule has 0 aliphatic heterocycles. The summed E-state index contributed by atoms with van der Waals surface area (Å²) in [6, 6.07) is 14.1. The topological polar surface area (TPSA) is 125 Å². The van der Waals surface area contributed by atoms with E-state index in [-0.39, 0.29) is 42.2 Å². The molecule has 2 amide bonds. The minimum absolute atomic E-state index is 0.162. The Labute approximate surface area is 218 Å².